The molecule has 0 bridgehead atoms. The largest absolute Gasteiger partial charge is 0.492 e. The number of anilines is 1. The minimum absolute atomic E-state index is 0.0208. The molecule has 0 unspecified atom stereocenters. The lowest BCUT2D eigenvalue weighted by Crippen LogP contribution is -2.37. The summed E-state index contributed by atoms with van der Waals surface area (Å²) in [6.45, 7) is 0.563. The number of fused-ring (bicyclic) bond motifs is 1. The SMILES string of the molecule is CN(CCOc1ccc(CN(CC(=O)O)C(=O)Oc2ccc(F)cc2)cc1)c1nc2ccccc2s1. The quantitative estimate of drug-likeness (QED) is 0.320. The van der Waals surface area contributed by atoms with Crippen molar-refractivity contribution in [2.75, 3.05) is 31.6 Å². The van der Waals surface area contributed by atoms with Crippen molar-refractivity contribution in [1.82, 2.24) is 9.88 Å². The van der Waals surface area contributed by atoms with Crippen LogP contribution >= 0.6 is 11.3 Å². The maximum absolute atomic E-state index is 13.1. The van der Waals surface area contributed by atoms with Crippen molar-refractivity contribution in [3.05, 3.63) is 84.2 Å². The molecule has 3 aromatic carbocycles. The lowest BCUT2D eigenvalue weighted by atomic mass is 10.2. The zero-order chi connectivity index (χ0) is 25.5. The molecule has 0 aliphatic heterocycles. The van der Waals surface area contributed by atoms with Crippen LogP contribution in [0, 0.1) is 5.82 Å². The molecule has 0 aliphatic rings. The number of hydrogen-bond acceptors (Lipinski definition) is 7. The van der Waals surface area contributed by atoms with Crippen LogP contribution in [0.5, 0.6) is 11.5 Å². The van der Waals surface area contributed by atoms with E-state index in [0.29, 0.717) is 24.5 Å². The number of para-hydroxylation sites is 1. The number of carboxylic acids is 1. The molecule has 1 N–H and O–H groups in total. The fourth-order valence-corrected chi connectivity index (χ4v) is 4.30. The van der Waals surface area contributed by atoms with Gasteiger partial charge in [-0.3, -0.25) is 9.69 Å². The topological polar surface area (TPSA) is 92.2 Å². The summed E-state index contributed by atoms with van der Waals surface area (Å²) in [4.78, 5) is 31.5. The first kappa shape index (κ1) is 24.9. The molecule has 1 amide bonds. The van der Waals surface area contributed by atoms with E-state index in [0.717, 1.165) is 32.4 Å². The molecule has 8 nitrogen and oxygen atoms in total. The van der Waals surface area contributed by atoms with E-state index in [1.54, 1.807) is 35.6 Å². The standard InChI is InChI=1S/C26H24FN3O5S/c1-29(25-28-22-4-2-3-5-23(22)36-25)14-15-34-20-10-6-18(7-11-20)16-30(17-24(31)32)26(33)35-21-12-8-19(27)9-13-21/h2-13H,14-17H2,1H3,(H,31,32). The minimum atomic E-state index is -1.18. The Morgan fingerprint density at radius 2 is 1.69 bits per heavy atom. The van der Waals surface area contributed by atoms with Crippen LogP contribution in [-0.2, 0) is 11.3 Å². The third-order valence-electron chi connectivity index (χ3n) is 5.20. The molecule has 0 spiro atoms. The summed E-state index contributed by atoms with van der Waals surface area (Å²) in [5.74, 6) is -0.877. The average molecular weight is 510 g/mol. The van der Waals surface area contributed by atoms with Gasteiger partial charge in [0.15, 0.2) is 5.13 Å². The van der Waals surface area contributed by atoms with Crippen LogP contribution in [0.25, 0.3) is 10.2 Å². The first-order valence-corrected chi connectivity index (χ1v) is 11.9. The van der Waals surface area contributed by atoms with Gasteiger partial charge in [0.05, 0.1) is 16.8 Å². The van der Waals surface area contributed by atoms with Crippen molar-refractivity contribution in [3.8, 4) is 11.5 Å². The van der Waals surface area contributed by atoms with E-state index in [1.807, 2.05) is 36.2 Å². The van der Waals surface area contributed by atoms with E-state index in [9.17, 15) is 19.1 Å². The number of halogens is 1. The second-order valence-electron chi connectivity index (χ2n) is 7.95. The number of rotatable bonds is 10. The van der Waals surface area contributed by atoms with Crippen LogP contribution in [0.4, 0.5) is 14.3 Å². The first-order valence-electron chi connectivity index (χ1n) is 11.1. The zero-order valence-corrected chi connectivity index (χ0v) is 20.3. The number of thiazole rings is 1. The lowest BCUT2D eigenvalue weighted by Gasteiger charge is -2.20. The number of amides is 1. The molecule has 4 aromatic rings. The summed E-state index contributed by atoms with van der Waals surface area (Å²) in [5.41, 5.74) is 1.67. The molecule has 0 aliphatic carbocycles. The minimum Gasteiger partial charge on any atom is -0.492 e. The molecule has 4 rings (SSSR count). The number of likely N-dealkylation sites (N-methyl/N-ethyl adjacent to an activating group) is 1. The number of hydrogen-bond donors (Lipinski definition) is 1. The zero-order valence-electron chi connectivity index (χ0n) is 19.5. The van der Waals surface area contributed by atoms with Gasteiger partial charge in [0.1, 0.15) is 30.5 Å². The van der Waals surface area contributed by atoms with Gasteiger partial charge in [0, 0.05) is 13.6 Å². The van der Waals surface area contributed by atoms with Crippen molar-refractivity contribution in [2.45, 2.75) is 6.54 Å². The maximum Gasteiger partial charge on any atom is 0.416 e. The smallest absolute Gasteiger partial charge is 0.416 e. The molecule has 0 saturated heterocycles. The second-order valence-corrected chi connectivity index (χ2v) is 8.96. The predicted octanol–water partition coefficient (Wildman–Crippen LogP) is 5.04. The highest BCUT2D eigenvalue weighted by Gasteiger charge is 2.19. The number of aromatic nitrogens is 1. The van der Waals surface area contributed by atoms with Crippen LogP contribution < -0.4 is 14.4 Å². The second kappa shape index (κ2) is 11.5. The van der Waals surface area contributed by atoms with Crippen LogP contribution in [0.3, 0.4) is 0 Å². The predicted molar refractivity (Wildman–Crippen MR) is 135 cm³/mol. The van der Waals surface area contributed by atoms with Crippen LogP contribution in [-0.4, -0.2) is 53.8 Å². The molecule has 36 heavy (non-hydrogen) atoms. The molecule has 1 aromatic heterocycles. The Kier molecular flexibility index (Phi) is 7.96. The molecular formula is C26H24FN3O5S. The summed E-state index contributed by atoms with van der Waals surface area (Å²) in [5, 5.41) is 10.1. The summed E-state index contributed by atoms with van der Waals surface area (Å²) < 4.78 is 25.2. The number of carbonyl (C=O) groups is 2. The fourth-order valence-electron chi connectivity index (χ4n) is 3.35. The molecule has 0 saturated carbocycles. The highest BCUT2D eigenvalue weighted by Crippen LogP contribution is 2.27. The molecule has 0 radical (unpaired) electrons. The summed E-state index contributed by atoms with van der Waals surface area (Å²) in [6.07, 6.45) is -0.845. The third kappa shape index (κ3) is 6.70. The number of ether oxygens (including phenoxy) is 2. The van der Waals surface area contributed by atoms with Gasteiger partial charge in [-0.05, 0) is 54.1 Å². The number of nitrogens with zero attached hydrogens (tertiary/aromatic N) is 3. The molecule has 1 heterocycles. The van der Waals surface area contributed by atoms with Gasteiger partial charge in [-0.25, -0.2) is 14.2 Å². The Hall–Kier alpha value is -4.18. The third-order valence-corrected chi connectivity index (χ3v) is 6.36. The monoisotopic (exact) mass is 509 g/mol. The average Bonchev–Trinajstić information content (AvgIpc) is 3.30. The summed E-state index contributed by atoms with van der Waals surface area (Å²) in [7, 11) is 1.96. The molecule has 0 atom stereocenters. The van der Waals surface area contributed by atoms with Crippen LogP contribution in [0.2, 0.25) is 0 Å². The van der Waals surface area contributed by atoms with Crippen molar-refractivity contribution < 1.29 is 28.6 Å². The van der Waals surface area contributed by atoms with Gasteiger partial charge in [0.25, 0.3) is 0 Å². The fraction of sp³-hybridized carbons (Fsp3) is 0.192. The van der Waals surface area contributed by atoms with Crippen LogP contribution in [0.15, 0.2) is 72.8 Å². The van der Waals surface area contributed by atoms with Gasteiger partial charge in [0.2, 0.25) is 0 Å². The molecule has 186 valence electrons. The Labute approximate surface area is 211 Å². The van der Waals surface area contributed by atoms with Crippen molar-refractivity contribution in [1.29, 1.82) is 0 Å². The number of carbonyl (C=O) groups excluding carboxylic acids is 1. The number of aliphatic carboxylic acids is 1. The van der Waals surface area contributed by atoms with Gasteiger partial charge in [-0.15, -0.1) is 0 Å². The van der Waals surface area contributed by atoms with Crippen LogP contribution in [0.1, 0.15) is 5.56 Å². The first-order chi connectivity index (χ1) is 17.4. The van der Waals surface area contributed by atoms with Crippen molar-refractivity contribution in [3.63, 3.8) is 0 Å². The molecular weight excluding hydrogens is 485 g/mol. The van der Waals surface area contributed by atoms with E-state index in [1.165, 1.54) is 12.1 Å². The summed E-state index contributed by atoms with van der Waals surface area (Å²) >= 11 is 1.62. The lowest BCUT2D eigenvalue weighted by molar-refractivity contribution is -0.138. The Bertz CT molecular complexity index is 1290. The van der Waals surface area contributed by atoms with Gasteiger partial charge in [-0.2, -0.15) is 0 Å². The van der Waals surface area contributed by atoms with E-state index in [2.05, 4.69) is 4.98 Å². The number of benzene rings is 3. The summed E-state index contributed by atoms with van der Waals surface area (Å²) in [6, 6.07) is 19.9. The highest BCUT2D eigenvalue weighted by molar-refractivity contribution is 7.22. The molecule has 10 heteroatoms. The Morgan fingerprint density at radius 3 is 2.39 bits per heavy atom. The van der Waals surface area contributed by atoms with Gasteiger partial charge < -0.3 is 19.5 Å². The van der Waals surface area contributed by atoms with E-state index in [-0.39, 0.29) is 12.3 Å². The Balaban J connectivity index is 1.30. The van der Waals surface area contributed by atoms with Gasteiger partial charge >= 0.3 is 12.1 Å². The van der Waals surface area contributed by atoms with Crippen molar-refractivity contribution >= 4 is 38.7 Å². The van der Waals surface area contributed by atoms with E-state index >= 15 is 0 Å². The van der Waals surface area contributed by atoms with E-state index < -0.39 is 24.4 Å². The van der Waals surface area contributed by atoms with Crippen molar-refractivity contribution in [2.24, 2.45) is 0 Å². The normalized spacial score (nSPS) is 10.7. The van der Waals surface area contributed by atoms with E-state index in [4.69, 9.17) is 9.47 Å². The van der Waals surface area contributed by atoms with Gasteiger partial charge in [-0.1, -0.05) is 35.6 Å². The maximum atomic E-state index is 13.1. The highest BCUT2D eigenvalue weighted by atomic mass is 32.1. The number of carboxylic acid groups (broad SMARTS) is 1. The molecule has 0 fully saturated rings. The Morgan fingerprint density at radius 1 is 1.00 bits per heavy atom.